The average molecular weight is 567 g/mol. The smallest absolute Gasteiger partial charge is 0.407 e. The fourth-order valence-corrected chi connectivity index (χ4v) is 3.30. The molecule has 4 N–H and O–H groups in total. The molecule has 2 aliphatic rings. The second-order valence-corrected chi connectivity index (χ2v) is 8.27. The van der Waals surface area contributed by atoms with Gasteiger partial charge in [-0.15, -0.1) is 0 Å². The van der Waals surface area contributed by atoms with Crippen LogP contribution in [0.1, 0.15) is 26.2 Å². The molecule has 0 radical (unpaired) electrons. The van der Waals surface area contributed by atoms with Crippen LogP contribution >= 0.6 is 0 Å². The van der Waals surface area contributed by atoms with Crippen LogP contribution in [-0.4, -0.2) is 110 Å². The van der Waals surface area contributed by atoms with Gasteiger partial charge in [0.25, 0.3) is 23.6 Å². The van der Waals surface area contributed by atoms with Crippen molar-refractivity contribution in [1.82, 2.24) is 31.1 Å². The van der Waals surface area contributed by atoms with E-state index < -0.39 is 47.9 Å². The van der Waals surface area contributed by atoms with Crippen LogP contribution in [0.2, 0.25) is 0 Å². The third kappa shape index (κ3) is 10.9. The largest absolute Gasteiger partial charge is 0.453 e. The molecule has 0 bridgehead atoms. The molecule has 0 spiro atoms. The summed E-state index contributed by atoms with van der Waals surface area (Å²) in [6.45, 7) is 1.89. The highest BCUT2D eigenvalue weighted by Gasteiger charge is 2.31. The van der Waals surface area contributed by atoms with Crippen molar-refractivity contribution in [3.8, 4) is 0 Å². The van der Waals surface area contributed by atoms with Crippen molar-refractivity contribution >= 4 is 47.6 Å². The summed E-state index contributed by atoms with van der Waals surface area (Å²) in [5.74, 6) is -2.43. The second kappa shape index (κ2) is 17.0. The van der Waals surface area contributed by atoms with Gasteiger partial charge in [-0.2, -0.15) is 0 Å². The van der Waals surface area contributed by atoms with Gasteiger partial charge < -0.3 is 30.7 Å². The summed E-state index contributed by atoms with van der Waals surface area (Å²) in [5.41, 5.74) is 0. The number of ether oxygens (including phenoxy) is 2. The van der Waals surface area contributed by atoms with Gasteiger partial charge in [0.05, 0.1) is 20.3 Å². The molecule has 16 heteroatoms. The number of likely N-dealkylation sites (N-methyl/N-ethyl adjacent to an activating group) is 1. The first kappa shape index (κ1) is 33.3. The number of hydrogen-bond donors (Lipinski definition) is 4. The molecule has 0 aromatic heterocycles. The highest BCUT2D eigenvalue weighted by Crippen LogP contribution is 2.06. The van der Waals surface area contributed by atoms with Crippen LogP contribution in [0.25, 0.3) is 0 Å². The molecule has 2 unspecified atom stereocenters. The van der Waals surface area contributed by atoms with E-state index in [-0.39, 0.29) is 37.9 Å². The highest BCUT2D eigenvalue weighted by atomic mass is 16.5. The maximum absolute atomic E-state index is 12.6. The average Bonchev–Trinajstić information content (AvgIpc) is 3.41. The normalized spacial score (nSPS) is 15.2. The van der Waals surface area contributed by atoms with Crippen molar-refractivity contribution in [2.45, 2.75) is 38.3 Å². The van der Waals surface area contributed by atoms with Crippen LogP contribution in [0.15, 0.2) is 24.3 Å². The van der Waals surface area contributed by atoms with E-state index in [1.165, 1.54) is 26.3 Å². The number of alkyl carbamates (subject to hydrolysis) is 2. The van der Waals surface area contributed by atoms with E-state index in [4.69, 9.17) is 0 Å². The van der Waals surface area contributed by atoms with Crippen LogP contribution in [-0.2, 0) is 38.2 Å². The molecule has 220 valence electrons. The minimum Gasteiger partial charge on any atom is -0.453 e. The van der Waals surface area contributed by atoms with E-state index in [1.54, 1.807) is 0 Å². The minimum atomic E-state index is -1.14. The van der Waals surface area contributed by atoms with E-state index in [0.29, 0.717) is 12.8 Å². The minimum absolute atomic E-state index is 0.0319. The number of carbonyl (C=O) groups excluding carboxylic acids is 8. The number of methoxy groups -OCH3 is 2. The Morgan fingerprint density at radius 3 is 1.77 bits per heavy atom. The van der Waals surface area contributed by atoms with Crippen LogP contribution in [0.3, 0.4) is 0 Å². The van der Waals surface area contributed by atoms with Crippen LogP contribution in [0.4, 0.5) is 9.59 Å². The van der Waals surface area contributed by atoms with E-state index in [9.17, 15) is 38.4 Å². The molecular formula is C24H34N6O10. The van der Waals surface area contributed by atoms with Gasteiger partial charge in [-0.1, -0.05) is 13.3 Å². The van der Waals surface area contributed by atoms with Crippen molar-refractivity contribution in [2.75, 3.05) is 40.9 Å². The molecule has 0 aromatic carbocycles. The number of nitrogens with zero attached hydrogens (tertiary/aromatic N) is 2. The highest BCUT2D eigenvalue weighted by molar-refractivity contribution is 6.13. The van der Waals surface area contributed by atoms with Crippen molar-refractivity contribution in [3.63, 3.8) is 0 Å². The van der Waals surface area contributed by atoms with Gasteiger partial charge >= 0.3 is 12.2 Å². The lowest BCUT2D eigenvalue weighted by Gasteiger charge is -2.27. The molecule has 0 fully saturated rings. The van der Waals surface area contributed by atoms with Crippen LogP contribution in [0.5, 0.6) is 0 Å². The summed E-state index contributed by atoms with van der Waals surface area (Å²) in [6.07, 6.45) is 4.06. The number of nitrogens with one attached hydrogen (secondary N) is 4. The quantitative estimate of drug-likeness (QED) is 0.156. The van der Waals surface area contributed by atoms with Crippen molar-refractivity contribution < 1.29 is 47.8 Å². The number of rotatable bonds is 12. The van der Waals surface area contributed by atoms with Gasteiger partial charge in [-0.05, 0) is 6.42 Å². The Morgan fingerprint density at radius 1 is 0.800 bits per heavy atom. The van der Waals surface area contributed by atoms with Crippen LogP contribution in [0, 0.1) is 0 Å². The van der Waals surface area contributed by atoms with E-state index in [2.05, 4.69) is 30.7 Å². The topological polar surface area (TPSA) is 210 Å². The maximum Gasteiger partial charge on any atom is 0.407 e. The SMILES string of the molecule is CCCC(NC(=O)OC)C(NC(=O)OC)C(=O)NCCNC(=O)CCN1C(=O)C=CC1=O.CN1C(=O)C=CC1=O. The van der Waals surface area contributed by atoms with E-state index >= 15 is 0 Å². The number of hydrogen-bond acceptors (Lipinski definition) is 10. The molecular weight excluding hydrogens is 532 g/mol. The fourth-order valence-electron chi connectivity index (χ4n) is 3.30. The fraction of sp³-hybridized carbons (Fsp3) is 0.500. The molecule has 8 amide bonds. The molecule has 2 heterocycles. The lowest BCUT2D eigenvalue weighted by atomic mass is 10.0. The van der Waals surface area contributed by atoms with Gasteiger partial charge in [0, 0.05) is 57.4 Å². The number of imide groups is 2. The first-order chi connectivity index (χ1) is 18.9. The Bertz CT molecular complexity index is 1020. The lowest BCUT2D eigenvalue weighted by Crippen LogP contribution is -2.59. The monoisotopic (exact) mass is 566 g/mol. The standard InChI is InChI=1S/C19H29N5O8.C5H5NO2/c1-4-5-12(22-18(29)31-2)16(23-19(30)32-3)17(28)21-10-9-20-13(25)8-11-24-14(26)6-7-15(24)27;1-6-4(7)2-3-5(6)8/h6-7,12,16H,4-5,8-11H2,1-3H3,(H,20,25)(H,21,28)(H,22,29)(H,23,30);2-3H,1H3. The molecule has 2 aliphatic heterocycles. The van der Waals surface area contributed by atoms with Crippen molar-refractivity contribution in [1.29, 1.82) is 0 Å². The summed E-state index contributed by atoms with van der Waals surface area (Å²) in [7, 11) is 3.77. The lowest BCUT2D eigenvalue weighted by molar-refractivity contribution is -0.138. The molecule has 2 atom stereocenters. The predicted octanol–water partition coefficient (Wildman–Crippen LogP) is -1.68. The van der Waals surface area contributed by atoms with Crippen molar-refractivity contribution in [3.05, 3.63) is 24.3 Å². The third-order valence-electron chi connectivity index (χ3n) is 5.47. The van der Waals surface area contributed by atoms with Gasteiger partial charge in [0.1, 0.15) is 6.04 Å². The Hall–Kier alpha value is -4.76. The molecule has 0 saturated heterocycles. The zero-order valence-electron chi connectivity index (χ0n) is 22.7. The first-order valence-electron chi connectivity index (χ1n) is 12.2. The molecule has 0 saturated carbocycles. The molecule has 0 aliphatic carbocycles. The summed E-state index contributed by atoms with van der Waals surface area (Å²) in [5, 5.41) is 10.0. The van der Waals surface area contributed by atoms with Crippen molar-refractivity contribution in [2.24, 2.45) is 0 Å². The van der Waals surface area contributed by atoms with Gasteiger partial charge in [0.2, 0.25) is 11.8 Å². The number of carbonyl (C=O) groups is 8. The zero-order chi connectivity index (χ0) is 30.2. The summed E-state index contributed by atoms with van der Waals surface area (Å²) >= 11 is 0. The maximum atomic E-state index is 12.6. The second-order valence-electron chi connectivity index (χ2n) is 8.27. The summed E-state index contributed by atoms with van der Waals surface area (Å²) in [6, 6.07) is -1.90. The predicted molar refractivity (Wildman–Crippen MR) is 137 cm³/mol. The van der Waals surface area contributed by atoms with E-state index in [0.717, 1.165) is 29.1 Å². The number of amides is 8. The Labute approximate surface area is 230 Å². The molecule has 0 aromatic rings. The molecule has 16 nitrogen and oxygen atoms in total. The Balaban J connectivity index is 0.000000850. The third-order valence-corrected chi connectivity index (χ3v) is 5.47. The summed E-state index contributed by atoms with van der Waals surface area (Å²) < 4.78 is 9.11. The van der Waals surface area contributed by atoms with Gasteiger partial charge in [-0.25, -0.2) is 9.59 Å². The molecule has 40 heavy (non-hydrogen) atoms. The zero-order valence-corrected chi connectivity index (χ0v) is 22.7. The van der Waals surface area contributed by atoms with Gasteiger partial charge in [-0.3, -0.25) is 38.6 Å². The first-order valence-corrected chi connectivity index (χ1v) is 12.2. The summed E-state index contributed by atoms with van der Waals surface area (Å²) in [4.78, 5) is 93.5. The van der Waals surface area contributed by atoms with E-state index in [1.807, 2.05) is 6.92 Å². The van der Waals surface area contributed by atoms with Gasteiger partial charge in [0.15, 0.2) is 0 Å². The molecule has 2 rings (SSSR count). The van der Waals surface area contributed by atoms with Crippen LogP contribution < -0.4 is 21.3 Å². The Kier molecular flexibility index (Phi) is 14.1. The Morgan fingerprint density at radius 2 is 1.30 bits per heavy atom.